The van der Waals surface area contributed by atoms with Crippen molar-refractivity contribution in [3.05, 3.63) is 71.8 Å². The van der Waals surface area contributed by atoms with Crippen LogP contribution in [0.1, 0.15) is 103 Å². The summed E-state index contributed by atoms with van der Waals surface area (Å²) in [4.78, 5) is 0. The molecule has 38 heavy (non-hydrogen) atoms. The van der Waals surface area contributed by atoms with Crippen LogP contribution in [-0.2, 0) is 4.74 Å². The van der Waals surface area contributed by atoms with E-state index in [2.05, 4.69) is 89.2 Å². The maximum absolute atomic E-state index is 6.28. The van der Waals surface area contributed by atoms with Crippen LogP contribution in [0.2, 0.25) is 0 Å². The van der Waals surface area contributed by atoms with Crippen molar-refractivity contribution in [3.63, 3.8) is 0 Å². The van der Waals surface area contributed by atoms with Crippen LogP contribution in [-0.4, -0.2) is 19.5 Å². The van der Waals surface area contributed by atoms with Gasteiger partial charge in [-0.25, -0.2) is 0 Å². The van der Waals surface area contributed by atoms with E-state index >= 15 is 0 Å². The number of benzene rings is 3. The molecule has 2 unspecified atom stereocenters. The first-order valence-corrected chi connectivity index (χ1v) is 14.7. The second kappa shape index (κ2) is 13.0. The Bertz CT molecular complexity index is 1140. The summed E-state index contributed by atoms with van der Waals surface area (Å²) in [6.07, 6.45) is 7.52. The third-order valence-electron chi connectivity index (χ3n) is 7.91. The number of rotatable bonds is 11. The van der Waals surface area contributed by atoms with E-state index in [1.54, 1.807) is 0 Å². The zero-order chi connectivity index (χ0) is 27.1. The number of hydrogen-bond acceptors (Lipinski definition) is 3. The molecule has 3 nitrogen and oxygen atoms in total. The van der Waals surface area contributed by atoms with Gasteiger partial charge in [-0.2, -0.15) is 0 Å². The molecule has 1 fully saturated rings. The van der Waals surface area contributed by atoms with Crippen LogP contribution in [0, 0.1) is 11.3 Å². The molecule has 1 aliphatic carbocycles. The van der Waals surface area contributed by atoms with Gasteiger partial charge in [-0.3, -0.25) is 0 Å². The lowest BCUT2D eigenvalue weighted by Gasteiger charge is -2.30. The number of ether oxygens (including phenoxy) is 3. The predicted octanol–water partition coefficient (Wildman–Crippen LogP) is 9.88. The molecule has 0 saturated heterocycles. The van der Waals surface area contributed by atoms with E-state index in [4.69, 9.17) is 14.2 Å². The monoisotopic (exact) mass is 516 g/mol. The van der Waals surface area contributed by atoms with Crippen LogP contribution >= 0.6 is 0 Å². The first kappa shape index (κ1) is 28.5. The van der Waals surface area contributed by atoms with E-state index in [9.17, 15) is 0 Å². The molecule has 0 N–H and O–H groups in total. The van der Waals surface area contributed by atoms with Gasteiger partial charge in [0.1, 0.15) is 18.1 Å². The molecule has 3 heteroatoms. The molecule has 0 aliphatic heterocycles. The fourth-order valence-corrected chi connectivity index (χ4v) is 5.95. The maximum atomic E-state index is 6.28. The predicted molar refractivity (Wildman–Crippen MR) is 159 cm³/mol. The van der Waals surface area contributed by atoms with Crippen LogP contribution in [0.3, 0.4) is 0 Å². The molecule has 0 radical (unpaired) electrons. The van der Waals surface area contributed by atoms with E-state index in [1.807, 2.05) is 13.0 Å². The van der Waals surface area contributed by atoms with E-state index in [-0.39, 0.29) is 11.7 Å². The van der Waals surface area contributed by atoms with Crippen molar-refractivity contribution in [1.82, 2.24) is 0 Å². The molecular formula is C35H48O3. The largest absolute Gasteiger partial charge is 0.491 e. The fourth-order valence-electron chi connectivity index (χ4n) is 5.95. The number of hydrogen-bond donors (Lipinski definition) is 0. The molecule has 206 valence electrons. The minimum absolute atomic E-state index is 0.271. The summed E-state index contributed by atoms with van der Waals surface area (Å²) in [6.45, 7) is 14.6. The summed E-state index contributed by atoms with van der Waals surface area (Å²) in [5.41, 5.74) is 3.13. The maximum Gasteiger partial charge on any atom is 0.197 e. The lowest BCUT2D eigenvalue weighted by Crippen LogP contribution is -2.20. The first-order chi connectivity index (χ1) is 18.2. The van der Waals surface area contributed by atoms with E-state index in [0.29, 0.717) is 25.0 Å². The van der Waals surface area contributed by atoms with Crippen LogP contribution in [0.15, 0.2) is 60.7 Å². The zero-order valence-electron chi connectivity index (χ0n) is 24.5. The zero-order valence-corrected chi connectivity index (χ0v) is 24.5. The van der Waals surface area contributed by atoms with Gasteiger partial charge in [0.15, 0.2) is 6.29 Å². The summed E-state index contributed by atoms with van der Waals surface area (Å²) in [5.74, 6) is 3.55. The molecule has 0 heterocycles. The van der Waals surface area contributed by atoms with Crippen molar-refractivity contribution in [2.45, 2.75) is 98.2 Å². The highest BCUT2D eigenvalue weighted by Crippen LogP contribution is 2.41. The van der Waals surface area contributed by atoms with Gasteiger partial charge in [0.25, 0.3) is 0 Å². The van der Waals surface area contributed by atoms with Crippen LogP contribution in [0.25, 0.3) is 10.8 Å². The molecular weight excluding hydrogens is 468 g/mol. The van der Waals surface area contributed by atoms with Crippen molar-refractivity contribution in [3.8, 4) is 11.5 Å². The highest BCUT2D eigenvalue weighted by atomic mass is 16.7. The topological polar surface area (TPSA) is 27.7 Å². The van der Waals surface area contributed by atoms with E-state index < -0.39 is 0 Å². The normalized spacial score (nSPS) is 16.5. The lowest BCUT2D eigenvalue weighted by molar-refractivity contribution is -0.0731. The minimum atomic E-state index is -0.364. The third kappa shape index (κ3) is 7.76. The summed E-state index contributed by atoms with van der Waals surface area (Å²) >= 11 is 0. The Morgan fingerprint density at radius 3 is 2.16 bits per heavy atom. The Morgan fingerprint density at radius 2 is 1.47 bits per heavy atom. The lowest BCUT2D eigenvalue weighted by atomic mass is 9.75. The fraction of sp³-hybridized carbons (Fsp3) is 0.543. The van der Waals surface area contributed by atoms with Crippen LogP contribution < -0.4 is 9.47 Å². The van der Waals surface area contributed by atoms with Crippen molar-refractivity contribution in [2.75, 3.05) is 13.2 Å². The Morgan fingerprint density at radius 1 is 0.789 bits per heavy atom. The van der Waals surface area contributed by atoms with Gasteiger partial charge >= 0.3 is 0 Å². The second-order valence-electron chi connectivity index (χ2n) is 12.6. The van der Waals surface area contributed by atoms with E-state index in [0.717, 1.165) is 29.2 Å². The average Bonchev–Trinajstić information content (AvgIpc) is 2.90. The Kier molecular flexibility index (Phi) is 9.76. The van der Waals surface area contributed by atoms with Gasteiger partial charge < -0.3 is 14.2 Å². The van der Waals surface area contributed by atoms with Gasteiger partial charge in [0, 0.05) is 5.39 Å². The van der Waals surface area contributed by atoms with Gasteiger partial charge in [-0.05, 0) is 84.1 Å². The third-order valence-corrected chi connectivity index (χ3v) is 7.91. The molecule has 3 aromatic rings. The van der Waals surface area contributed by atoms with Gasteiger partial charge in [-0.15, -0.1) is 0 Å². The van der Waals surface area contributed by atoms with Crippen LogP contribution in [0.5, 0.6) is 11.5 Å². The quantitative estimate of drug-likeness (QED) is 0.187. The average molecular weight is 517 g/mol. The van der Waals surface area contributed by atoms with Gasteiger partial charge in [0.05, 0.1) is 6.61 Å². The molecule has 0 spiro atoms. The second-order valence-corrected chi connectivity index (χ2v) is 12.6. The van der Waals surface area contributed by atoms with Crippen molar-refractivity contribution >= 4 is 10.8 Å². The minimum Gasteiger partial charge on any atom is -0.491 e. The molecule has 0 amide bonds. The van der Waals surface area contributed by atoms with Crippen molar-refractivity contribution in [2.24, 2.45) is 11.3 Å². The van der Waals surface area contributed by atoms with E-state index in [1.165, 1.54) is 48.6 Å². The van der Waals surface area contributed by atoms with Crippen LogP contribution in [0.4, 0.5) is 0 Å². The molecule has 1 aliphatic rings. The first-order valence-electron chi connectivity index (χ1n) is 14.7. The Labute approximate surface area is 230 Å². The Hall–Kier alpha value is -2.52. The molecule has 0 aromatic heterocycles. The molecule has 2 atom stereocenters. The smallest absolute Gasteiger partial charge is 0.197 e. The molecule has 3 aromatic carbocycles. The standard InChI is InChI=1S/C35H48O3/c1-25(2)33(24-35(4,5)6)31-14-10-16-32-30(31)15-11-17-34(32)38-26(3)36-22-23-37-29-20-18-28(19-21-29)27-12-8-7-9-13-27/h10-11,14-21,25-27,33H,7-9,12-13,22-24H2,1-6H3. The Balaban J connectivity index is 1.33. The summed E-state index contributed by atoms with van der Waals surface area (Å²) in [5, 5.41) is 2.43. The van der Waals surface area contributed by atoms with Crippen molar-refractivity contribution < 1.29 is 14.2 Å². The number of fused-ring (bicyclic) bond motifs is 1. The van der Waals surface area contributed by atoms with Gasteiger partial charge in [0.2, 0.25) is 0 Å². The summed E-state index contributed by atoms with van der Waals surface area (Å²) in [6, 6.07) is 21.7. The summed E-state index contributed by atoms with van der Waals surface area (Å²) in [7, 11) is 0. The highest BCUT2D eigenvalue weighted by molar-refractivity contribution is 5.91. The summed E-state index contributed by atoms with van der Waals surface area (Å²) < 4.78 is 18.2. The SMILES string of the molecule is CC(OCCOc1ccc(C2CCCCC2)cc1)Oc1cccc2c(C(CC(C)(C)C)C(C)C)cccc12. The molecule has 0 bridgehead atoms. The highest BCUT2D eigenvalue weighted by Gasteiger charge is 2.25. The molecule has 4 rings (SSSR count). The van der Waals surface area contributed by atoms with Crippen molar-refractivity contribution in [1.29, 1.82) is 0 Å². The molecule has 1 saturated carbocycles. The van der Waals surface area contributed by atoms with Gasteiger partial charge in [-0.1, -0.05) is 96.3 Å².